The Labute approximate surface area is 276 Å². The van der Waals surface area contributed by atoms with E-state index in [1.807, 2.05) is 30.3 Å². The number of rotatable bonds is 29. The van der Waals surface area contributed by atoms with Crippen LogP contribution in [0.2, 0.25) is 0 Å². The van der Waals surface area contributed by atoms with E-state index < -0.39 is 32.3 Å². The molecule has 2 rings (SSSR count). The Balaban J connectivity index is 1.65. The summed E-state index contributed by atoms with van der Waals surface area (Å²) in [4.78, 5) is 15.8. The van der Waals surface area contributed by atoms with Crippen LogP contribution >= 0.6 is 7.60 Å². The van der Waals surface area contributed by atoms with E-state index in [0.29, 0.717) is 0 Å². The van der Waals surface area contributed by atoms with Crippen molar-refractivity contribution in [1.29, 1.82) is 0 Å². The van der Waals surface area contributed by atoms with Crippen molar-refractivity contribution in [2.75, 3.05) is 31.9 Å². The summed E-state index contributed by atoms with van der Waals surface area (Å²) in [5.41, 5.74) is 5.82. The molecule has 0 bridgehead atoms. The van der Waals surface area contributed by atoms with Crippen LogP contribution in [0.15, 0.2) is 47.4 Å². The van der Waals surface area contributed by atoms with Crippen molar-refractivity contribution in [1.82, 2.24) is 9.55 Å². The number of nitrogens with two attached hydrogens (primary N) is 1. The molecule has 0 spiro atoms. The lowest BCUT2D eigenvalue weighted by atomic mass is 10.0. The first kappa shape index (κ1) is 40.1. The van der Waals surface area contributed by atoms with Crippen molar-refractivity contribution < 1.29 is 28.2 Å². The van der Waals surface area contributed by atoms with E-state index >= 15 is 0 Å². The van der Waals surface area contributed by atoms with Gasteiger partial charge in [0, 0.05) is 6.20 Å². The topological polar surface area (TPSA) is 135 Å². The Morgan fingerprint density at radius 1 is 0.848 bits per heavy atom. The summed E-state index contributed by atoms with van der Waals surface area (Å²) in [5, 5.41) is 9.83. The normalized spacial score (nSPS) is 14.2. The van der Waals surface area contributed by atoms with Gasteiger partial charge in [-0.05, 0) is 25.0 Å². The van der Waals surface area contributed by atoms with Gasteiger partial charge in [-0.3, -0.25) is 9.13 Å². The average molecular weight is 666 g/mol. The Hall–Kier alpha value is -2.07. The van der Waals surface area contributed by atoms with Gasteiger partial charge in [-0.25, -0.2) is 4.79 Å². The summed E-state index contributed by atoms with van der Waals surface area (Å²) in [6, 6.07) is 10.8. The molecule has 11 heteroatoms. The molecule has 2 aromatic rings. The lowest BCUT2D eigenvalue weighted by Gasteiger charge is -2.23. The molecule has 0 fully saturated rings. The zero-order chi connectivity index (χ0) is 33.3. The van der Waals surface area contributed by atoms with Crippen LogP contribution < -0.4 is 11.4 Å². The van der Waals surface area contributed by atoms with E-state index in [2.05, 4.69) is 18.8 Å². The number of hydrogen-bond acceptors (Lipinski definition) is 9. The molecule has 1 unspecified atom stereocenters. The van der Waals surface area contributed by atoms with Crippen LogP contribution in [0.3, 0.4) is 0 Å². The molecule has 46 heavy (non-hydrogen) atoms. The van der Waals surface area contributed by atoms with E-state index in [4.69, 9.17) is 24.3 Å². The molecule has 1 aromatic heterocycles. The van der Waals surface area contributed by atoms with Gasteiger partial charge in [0.25, 0.3) is 0 Å². The highest BCUT2D eigenvalue weighted by molar-refractivity contribution is 7.53. The molecular formula is C35H60N3O7P. The number of ether oxygens (including phenoxy) is 2. The first-order chi connectivity index (χ1) is 22.3. The van der Waals surface area contributed by atoms with Gasteiger partial charge in [0.1, 0.15) is 12.2 Å². The molecule has 0 radical (unpaired) electrons. The quantitative estimate of drug-likeness (QED) is 0.0657. The Morgan fingerprint density at radius 3 is 2.04 bits per heavy atom. The van der Waals surface area contributed by atoms with Crippen LogP contribution in [0.25, 0.3) is 0 Å². The molecule has 3 atom stereocenters. The molecule has 0 amide bonds. The number of nitrogens with zero attached hydrogens (tertiary/aromatic N) is 2. The minimum Gasteiger partial charge on any atom is -0.394 e. The zero-order valence-corrected chi connectivity index (χ0v) is 29.3. The highest BCUT2D eigenvalue weighted by Crippen LogP contribution is 2.49. The van der Waals surface area contributed by atoms with Crippen LogP contribution in [0.1, 0.15) is 116 Å². The maximum absolute atomic E-state index is 13.6. The zero-order valence-electron chi connectivity index (χ0n) is 28.4. The van der Waals surface area contributed by atoms with Gasteiger partial charge in [-0.1, -0.05) is 127 Å². The second-order valence-electron chi connectivity index (χ2n) is 12.2. The van der Waals surface area contributed by atoms with Gasteiger partial charge < -0.3 is 29.4 Å². The monoisotopic (exact) mass is 665 g/mol. The predicted molar refractivity (Wildman–Crippen MR) is 185 cm³/mol. The fourth-order valence-corrected chi connectivity index (χ4v) is 6.47. The third-order valence-electron chi connectivity index (χ3n) is 7.98. The molecule has 0 aliphatic carbocycles. The number of nitrogen functional groups attached to an aromatic ring is 1. The van der Waals surface area contributed by atoms with Crippen LogP contribution in [0.4, 0.5) is 5.82 Å². The van der Waals surface area contributed by atoms with E-state index in [9.17, 15) is 14.5 Å². The van der Waals surface area contributed by atoms with Gasteiger partial charge in [0.2, 0.25) is 0 Å². The molecule has 0 saturated heterocycles. The number of hydrogen-bond donors (Lipinski definition) is 2. The third-order valence-corrected chi connectivity index (χ3v) is 9.54. The summed E-state index contributed by atoms with van der Waals surface area (Å²) in [6.45, 7) is 4.33. The number of anilines is 1. The minimum atomic E-state index is -3.72. The fraction of sp³-hybridized carbons (Fsp3) is 0.714. The Kier molecular flexibility index (Phi) is 21.8. The molecule has 10 nitrogen and oxygen atoms in total. The highest BCUT2D eigenvalue weighted by atomic mass is 31.2. The number of aliphatic hydroxyl groups excluding tert-OH is 1. The number of aliphatic hydroxyl groups is 1. The number of benzene rings is 1. The van der Waals surface area contributed by atoms with Gasteiger partial charge >= 0.3 is 13.3 Å². The molecule has 1 aromatic carbocycles. The van der Waals surface area contributed by atoms with Crippen molar-refractivity contribution in [2.45, 2.75) is 136 Å². The molecule has 0 aliphatic rings. The summed E-state index contributed by atoms with van der Waals surface area (Å²) in [6.07, 6.45) is 20.0. The third kappa shape index (κ3) is 18.9. The lowest BCUT2D eigenvalue weighted by molar-refractivity contribution is 0.00663. The molecule has 3 N–H and O–H groups in total. The van der Waals surface area contributed by atoms with Gasteiger partial charge in [-0.15, -0.1) is 0 Å². The summed E-state index contributed by atoms with van der Waals surface area (Å²) in [5.74, 6) is 0.103. The van der Waals surface area contributed by atoms with Gasteiger partial charge in [0.05, 0.1) is 45.2 Å². The fourth-order valence-electron chi connectivity index (χ4n) is 5.15. The minimum absolute atomic E-state index is 0.00117. The molecular weight excluding hydrogens is 605 g/mol. The highest BCUT2D eigenvalue weighted by Gasteiger charge is 2.28. The van der Waals surface area contributed by atoms with Crippen molar-refractivity contribution in [3.63, 3.8) is 0 Å². The first-order valence-electron chi connectivity index (χ1n) is 17.4. The van der Waals surface area contributed by atoms with E-state index in [1.165, 1.54) is 100 Å². The van der Waals surface area contributed by atoms with Crippen LogP contribution in [0.5, 0.6) is 0 Å². The summed E-state index contributed by atoms with van der Waals surface area (Å²) in [7, 11) is -3.72. The number of aromatic nitrogens is 2. The predicted octanol–water partition coefficient (Wildman–Crippen LogP) is 7.86. The lowest BCUT2D eigenvalue weighted by Crippen LogP contribution is -2.32. The largest absolute Gasteiger partial charge is 0.394 e. The van der Waals surface area contributed by atoms with E-state index in [1.54, 1.807) is 0 Å². The maximum Gasteiger partial charge on any atom is 0.356 e. The van der Waals surface area contributed by atoms with Crippen LogP contribution in [-0.2, 0) is 36.2 Å². The Morgan fingerprint density at radius 2 is 1.46 bits per heavy atom. The van der Waals surface area contributed by atoms with Crippen molar-refractivity contribution in [3.8, 4) is 0 Å². The van der Waals surface area contributed by atoms with E-state index in [0.717, 1.165) is 18.4 Å². The SMILES string of the molecule is CCCCCCCCCCCCCCCCC(C)OCCO[P@@](=O)(CO[C@H](CO)Cn1ccc(N)nc1=O)OCc1ccccc1. The second-order valence-corrected chi connectivity index (χ2v) is 14.2. The number of unbranched alkanes of at least 4 members (excludes halogenated alkanes) is 13. The first-order valence-corrected chi connectivity index (χ1v) is 19.2. The maximum atomic E-state index is 13.6. The van der Waals surface area contributed by atoms with Gasteiger partial charge in [-0.2, -0.15) is 4.98 Å². The van der Waals surface area contributed by atoms with Crippen LogP contribution in [0, 0.1) is 0 Å². The summed E-state index contributed by atoms with van der Waals surface area (Å²) < 4.78 is 38.0. The van der Waals surface area contributed by atoms with Crippen LogP contribution in [-0.4, -0.2) is 53.0 Å². The molecule has 262 valence electrons. The summed E-state index contributed by atoms with van der Waals surface area (Å²) >= 11 is 0. The molecule has 1 heterocycles. The van der Waals surface area contributed by atoms with Crippen molar-refractivity contribution in [2.24, 2.45) is 0 Å². The van der Waals surface area contributed by atoms with E-state index in [-0.39, 0.29) is 38.3 Å². The van der Waals surface area contributed by atoms with Crippen molar-refractivity contribution >= 4 is 13.4 Å². The standard InChI is InChI=1S/C35H60N3O7P/c1-3-4-5-6-7-8-9-10-11-12-13-14-15-17-20-31(2)42-25-26-44-46(41,45-29-32-21-18-16-19-22-32)30-43-33(28-39)27-38-24-23-34(36)37-35(38)40/h16,18-19,21-24,31,33,39H,3-15,17,20,25-30H2,1-2H3,(H2,36,37,40)/t31?,33-,46-/m0/s1. The second kappa shape index (κ2) is 25.0. The van der Waals surface area contributed by atoms with Gasteiger partial charge in [0.15, 0.2) is 0 Å². The smallest absolute Gasteiger partial charge is 0.356 e. The average Bonchev–Trinajstić information content (AvgIpc) is 3.06. The van der Waals surface area contributed by atoms with Crippen molar-refractivity contribution in [3.05, 3.63) is 58.6 Å². The Bertz CT molecular complexity index is 1130. The molecule has 0 aliphatic heterocycles. The molecule has 0 saturated carbocycles.